The second-order valence-electron chi connectivity index (χ2n) is 5.37. The molecule has 94 valence electrons. The number of aromatic nitrogens is 2. The van der Waals surface area contributed by atoms with E-state index in [1.807, 2.05) is 0 Å². The molecule has 2 aliphatic carbocycles. The highest BCUT2D eigenvalue weighted by atomic mass is 32.1. The molecule has 1 aromatic rings. The van der Waals surface area contributed by atoms with Crippen molar-refractivity contribution in [1.82, 2.24) is 9.36 Å². The van der Waals surface area contributed by atoms with E-state index < -0.39 is 5.60 Å². The van der Waals surface area contributed by atoms with Crippen molar-refractivity contribution in [2.45, 2.75) is 56.5 Å². The van der Waals surface area contributed by atoms with Gasteiger partial charge in [0.2, 0.25) is 5.13 Å². The first kappa shape index (κ1) is 11.4. The molecule has 0 saturated heterocycles. The summed E-state index contributed by atoms with van der Waals surface area (Å²) in [5.41, 5.74) is -0.524. The molecule has 0 unspecified atom stereocenters. The number of hydrogen-bond acceptors (Lipinski definition) is 5. The fraction of sp³-hybridized carbons (Fsp3) is 0.833. The standard InChI is InChI=1S/C12H19N3OS/c16-12(6-2-1-3-7-12)8-13-11-14-10(15-17-11)9-4-5-9/h9,16H,1-8H2,(H,13,14,15). The van der Waals surface area contributed by atoms with Gasteiger partial charge in [0.25, 0.3) is 0 Å². The Bertz CT molecular complexity index is 383. The Morgan fingerprint density at radius 2 is 2.06 bits per heavy atom. The molecule has 0 aromatic carbocycles. The highest BCUT2D eigenvalue weighted by molar-refractivity contribution is 7.09. The molecule has 0 atom stereocenters. The van der Waals surface area contributed by atoms with E-state index in [0.717, 1.165) is 36.6 Å². The average molecular weight is 253 g/mol. The molecule has 0 bridgehead atoms. The zero-order valence-electron chi connectivity index (χ0n) is 9.98. The summed E-state index contributed by atoms with van der Waals surface area (Å²) in [4.78, 5) is 4.47. The van der Waals surface area contributed by atoms with Gasteiger partial charge in [0.1, 0.15) is 5.82 Å². The minimum absolute atomic E-state index is 0.524. The fourth-order valence-corrected chi connectivity index (χ4v) is 3.08. The summed E-state index contributed by atoms with van der Waals surface area (Å²) in [6.45, 7) is 0.617. The van der Waals surface area contributed by atoms with Crippen LogP contribution in [0.25, 0.3) is 0 Å². The lowest BCUT2D eigenvalue weighted by Crippen LogP contribution is -2.38. The molecule has 2 aliphatic rings. The van der Waals surface area contributed by atoms with Crippen molar-refractivity contribution >= 4 is 16.7 Å². The number of nitrogens with zero attached hydrogens (tertiary/aromatic N) is 2. The van der Waals surface area contributed by atoms with Crippen molar-refractivity contribution in [1.29, 1.82) is 0 Å². The van der Waals surface area contributed by atoms with Crippen molar-refractivity contribution in [3.8, 4) is 0 Å². The number of anilines is 1. The number of rotatable bonds is 4. The summed E-state index contributed by atoms with van der Waals surface area (Å²) in [7, 11) is 0. The van der Waals surface area contributed by atoms with Crippen LogP contribution >= 0.6 is 11.5 Å². The molecular weight excluding hydrogens is 234 g/mol. The van der Waals surface area contributed by atoms with Crippen molar-refractivity contribution < 1.29 is 5.11 Å². The Morgan fingerprint density at radius 1 is 1.29 bits per heavy atom. The normalized spacial score (nSPS) is 23.6. The van der Waals surface area contributed by atoms with Gasteiger partial charge in [-0.3, -0.25) is 0 Å². The summed E-state index contributed by atoms with van der Waals surface area (Å²) in [5, 5.41) is 14.5. The summed E-state index contributed by atoms with van der Waals surface area (Å²) in [5.74, 6) is 1.60. The van der Waals surface area contributed by atoms with Gasteiger partial charge in [-0.25, -0.2) is 4.98 Å². The zero-order valence-corrected chi connectivity index (χ0v) is 10.8. The van der Waals surface area contributed by atoms with Crippen LogP contribution in [0.15, 0.2) is 0 Å². The molecule has 2 fully saturated rings. The maximum Gasteiger partial charge on any atom is 0.202 e. The average Bonchev–Trinajstić information content (AvgIpc) is 3.07. The summed E-state index contributed by atoms with van der Waals surface area (Å²) in [6.07, 6.45) is 7.83. The molecular formula is C12H19N3OS. The molecule has 0 spiro atoms. The molecule has 2 N–H and O–H groups in total. The van der Waals surface area contributed by atoms with Crippen LogP contribution in [0.5, 0.6) is 0 Å². The van der Waals surface area contributed by atoms with E-state index >= 15 is 0 Å². The van der Waals surface area contributed by atoms with Crippen molar-refractivity contribution in [3.05, 3.63) is 5.82 Å². The number of hydrogen-bond donors (Lipinski definition) is 2. The summed E-state index contributed by atoms with van der Waals surface area (Å²) >= 11 is 1.42. The first-order valence-corrected chi connectivity index (χ1v) is 7.32. The molecule has 5 heteroatoms. The Kier molecular flexibility index (Phi) is 3.04. The highest BCUT2D eigenvalue weighted by Crippen LogP contribution is 2.39. The van der Waals surface area contributed by atoms with Gasteiger partial charge >= 0.3 is 0 Å². The molecule has 3 rings (SSSR count). The lowest BCUT2D eigenvalue weighted by Gasteiger charge is -2.31. The second-order valence-corrected chi connectivity index (χ2v) is 6.12. The topological polar surface area (TPSA) is 58.0 Å². The Hall–Kier alpha value is -0.680. The van der Waals surface area contributed by atoms with E-state index in [0.29, 0.717) is 12.5 Å². The molecule has 1 aromatic heterocycles. The largest absolute Gasteiger partial charge is 0.388 e. The first-order valence-electron chi connectivity index (χ1n) is 6.55. The predicted octanol–water partition coefficient (Wildman–Crippen LogP) is 2.52. The lowest BCUT2D eigenvalue weighted by atomic mass is 9.85. The van der Waals surface area contributed by atoms with E-state index in [2.05, 4.69) is 14.7 Å². The SMILES string of the molecule is OC1(CNc2nc(C3CC3)ns2)CCCCC1. The van der Waals surface area contributed by atoms with Gasteiger partial charge in [-0.05, 0) is 25.7 Å². The quantitative estimate of drug-likeness (QED) is 0.865. The van der Waals surface area contributed by atoms with Crippen molar-refractivity contribution in [2.24, 2.45) is 0 Å². The maximum atomic E-state index is 10.4. The predicted molar refractivity (Wildman–Crippen MR) is 68.4 cm³/mol. The van der Waals surface area contributed by atoms with Gasteiger partial charge in [0, 0.05) is 24.0 Å². The minimum atomic E-state index is -0.524. The van der Waals surface area contributed by atoms with E-state index in [9.17, 15) is 5.11 Å². The van der Waals surface area contributed by atoms with Crippen LogP contribution in [-0.2, 0) is 0 Å². The van der Waals surface area contributed by atoms with Crippen LogP contribution in [0.4, 0.5) is 5.13 Å². The van der Waals surface area contributed by atoms with Gasteiger partial charge < -0.3 is 10.4 Å². The third-order valence-electron chi connectivity index (χ3n) is 3.74. The molecule has 4 nitrogen and oxygen atoms in total. The van der Waals surface area contributed by atoms with Gasteiger partial charge in [-0.1, -0.05) is 19.3 Å². The van der Waals surface area contributed by atoms with E-state index in [1.54, 1.807) is 0 Å². The molecule has 17 heavy (non-hydrogen) atoms. The zero-order chi connectivity index (χ0) is 11.7. The minimum Gasteiger partial charge on any atom is -0.388 e. The van der Waals surface area contributed by atoms with Gasteiger partial charge in [-0.15, -0.1) is 0 Å². The van der Waals surface area contributed by atoms with Crippen molar-refractivity contribution in [2.75, 3.05) is 11.9 Å². The fourth-order valence-electron chi connectivity index (χ4n) is 2.44. The Labute approximate surface area is 106 Å². The molecule has 1 heterocycles. The summed E-state index contributed by atoms with van der Waals surface area (Å²) < 4.78 is 4.35. The van der Waals surface area contributed by atoms with E-state index in [1.165, 1.54) is 30.8 Å². The van der Waals surface area contributed by atoms with Gasteiger partial charge in [0.15, 0.2) is 0 Å². The Balaban J connectivity index is 1.55. The molecule has 0 radical (unpaired) electrons. The van der Waals surface area contributed by atoms with Gasteiger partial charge in [-0.2, -0.15) is 4.37 Å². The van der Waals surface area contributed by atoms with Crippen molar-refractivity contribution in [3.63, 3.8) is 0 Å². The van der Waals surface area contributed by atoms with Crippen LogP contribution in [0, 0.1) is 0 Å². The first-order chi connectivity index (χ1) is 8.25. The second kappa shape index (κ2) is 4.53. The molecule has 0 amide bonds. The van der Waals surface area contributed by atoms with Crippen LogP contribution in [-0.4, -0.2) is 26.6 Å². The van der Waals surface area contributed by atoms with Gasteiger partial charge in [0.05, 0.1) is 5.60 Å². The van der Waals surface area contributed by atoms with E-state index in [-0.39, 0.29) is 0 Å². The van der Waals surface area contributed by atoms with E-state index in [4.69, 9.17) is 0 Å². The van der Waals surface area contributed by atoms with Crippen LogP contribution in [0.3, 0.4) is 0 Å². The number of aliphatic hydroxyl groups is 1. The Morgan fingerprint density at radius 3 is 2.76 bits per heavy atom. The smallest absolute Gasteiger partial charge is 0.202 e. The van der Waals surface area contributed by atoms with Crippen LogP contribution < -0.4 is 5.32 Å². The maximum absolute atomic E-state index is 10.4. The number of nitrogens with one attached hydrogen (secondary N) is 1. The van der Waals surface area contributed by atoms with Crippen LogP contribution in [0.2, 0.25) is 0 Å². The molecule has 0 aliphatic heterocycles. The molecule has 2 saturated carbocycles. The third kappa shape index (κ3) is 2.77. The lowest BCUT2D eigenvalue weighted by molar-refractivity contribution is 0.0167. The van der Waals surface area contributed by atoms with Crippen LogP contribution in [0.1, 0.15) is 56.7 Å². The monoisotopic (exact) mass is 253 g/mol. The third-order valence-corrected chi connectivity index (χ3v) is 4.42. The highest BCUT2D eigenvalue weighted by Gasteiger charge is 2.30. The summed E-state index contributed by atoms with van der Waals surface area (Å²) in [6, 6.07) is 0.